The van der Waals surface area contributed by atoms with Gasteiger partial charge in [0.25, 0.3) is 0 Å². The number of hydrogen-bond acceptors (Lipinski definition) is 5. The van der Waals surface area contributed by atoms with Crippen LogP contribution in [0, 0.1) is 5.92 Å². The molecule has 25 heavy (non-hydrogen) atoms. The van der Waals surface area contributed by atoms with Crippen LogP contribution in [0.2, 0.25) is 0 Å². The number of para-hydroxylation sites is 1. The summed E-state index contributed by atoms with van der Waals surface area (Å²) in [6.45, 7) is 3.39. The smallest absolute Gasteiger partial charge is 0.321 e. The molecule has 1 aromatic carbocycles. The summed E-state index contributed by atoms with van der Waals surface area (Å²) in [7, 11) is 4.79. The van der Waals surface area contributed by atoms with Crippen molar-refractivity contribution < 1.29 is 23.7 Å². The van der Waals surface area contributed by atoms with E-state index in [0.717, 1.165) is 32.5 Å². The van der Waals surface area contributed by atoms with Crippen molar-refractivity contribution in [2.75, 3.05) is 59.6 Å². The number of rotatable bonds is 8. The van der Waals surface area contributed by atoms with E-state index in [1.165, 1.54) is 0 Å². The van der Waals surface area contributed by atoms with Crippen molar-refractivity contribution in [1.29, 1.82) is 0 Å². The topological polar surface area (TPSA) is 69.3 Å². The number of ether oxygens (including phenoxy) is 4. The van der Waals surface area contributed by atoms with Crippen molar-refractivity contribution >= 4 is 11.7 Å². The van der Waals surface area contributed by atoms with Crippen molar-refractivity contribution in [1.82, 2.24) is 4.90 Å². The lowest BCUT2D eigenvalue weighted by atomic mass is 9.98. The molecule has 1 aliphatic rings. The van der Waals surface area contributed by atoms with Gasteiger partial charge >= 0.3 is 6.03 Å². The minimum absolute atomic E-state index is 0.120. The summed E-state index contributed by atoms with van der Waals surface area (Å²) in [6.07, 6.45) is 1.88. The first-order valence-corrected chi connectivity index (χ1v) is 8.53. The summed E-state index contributed by atoms with van der Waals surface area (Å²) in [5, 5.41) is 2.91. The van der Waals surface area contributed by atoms with Crippen molar-refractivity contribution in [3.05, 3.63) is 18.2 Å². The molecule has 0 aromatic heterocycles. The molecule has 7 heteroatoms. The van der Waals surface area contributed by atoms with Crippen molar-refractivity contribution in [3.8, 4) is 11.5 Å². The number of urea groups is 1. The predicted octanol–water partition coefficient (Wildman–Crippen LogP) is 2.61. The van der Waals surface area contributed by atoms with Gasteiger partial charge in [-0.15, -0.1) is 0 Å². The molecule has 140 valence electrons. The summed E-state index contributed by atoms with van der Waals surface area (Å²) < 4.78 is 21.2. The SMILES string of the molecule is COCCOCC1CCN(C(=O)Nc2cccc(OC)c2OC)CC1. The van der Waals surface area contributed by atoms with Gasteiger partial charge in [0, 0.05) is 26.8 Å². The molecule has 7 nitrogen and oxygen atoms in total. The van der Waals surface area contributed by atoms with Crippen molar-refractivity contribution in [2.45, 2.75) is 12.8 Å². The van der Waals surface area contributed by atoms with Gasteiger partial charge in [0.2, 0.25) is 0 Å². The second kappa shape index (κ2) is 10.1. The number of hydrogen-bond donors (Lipinski definition) is 1. The molecule has 0 spiro atoms. The number of methoxy groups -OCH3 is 3. The fourth-order valence-electron chi connectivity index (χ4n) is 2.87. The molecule has 0 unspecified atom stereocenters. The first kappa shape index (κ1) is 19.3. The molecule has 0 atom stereocenters. The van der Waals surface area contributed by atoms with Gasteiger partial charge in [-0.3, -0.25) is 0 Å². The molecule has 1 heterocycles. The Morgan fingerprint density at radius 1 is 1.16 bits per heavy atom. The standard InChI is InChI=1S/C18H28N2O5/c1-22-11-12-25-13-14-7-9-20(10-8-14)18(21)19-15-5-4-6-16(23-2)17(15)24-3/h4-6,14H,7-13H2,1-3H3,(H,19,21). The summed E-state index contributed by atoms with van der Waals surface area (Å²) >= 11 is 0. The third kappa shape index (κ3) is 5.51. The van der Waals surface area contributed by atoms with Crippen LogP contribution in [-0.2, 0) is 9.47 Å². The fourth-order valence-corrected chi connectivity index (χ4v) is 2.87. The number of nitrogens with zero attached hydrogens (tertiary/aromatic N) is 1. The first-order valence-electron chi connectivity index (χ1n) is 8.53. The zero-order valence-corrected chi connectivity index (χ0v) is 15.2. The lowest BCUT2D eigenvalue weighted by molar-refractivity contribution is 0.0386. The maximum atomic E-state index is 12.5. The van der Waals surface area contributed by atoms with Crippen LogP contribution in [0.4, 0.5) is 10.5 Å². The number of amides is 2. The lowest BCUT2D eigenvalue weighted by Crippen LogP contribution is -2.41. The third-order valence-electron chi connectivity index (χ3n) is 4.33. The number of piperidine rings is 1. The molecule has 2 rings (SSSR count). The van der Waals surface area contributed by atoms with Crippen LogP contribution in [0.15, 0.2) is 18.2 Å². The van der Waals surface area contributed by atoms with E-state index in [0.29, 0.717) is 36.3 Å². The number of carbonyl (C=O) groups excluding carboxylic acids is 1. The summed E-state index contributed by atoms with van der Waals surface area (Å²) in [4.78, 5) is 14.3. The lowest BCUT2D eigenvalue weighted by Gasteiger charge is -2.32. The van der Waals surface area contributed by atoms with Crippen molar-refractivity contribution in [3.63, 3.8) is 0 Å². The Labute approximate surface area is 149 Å². The van der Waals surface area contributed by atoms with Crippen LogP contribution < -0.4 is 14.8 Å². The maximum Gasteiger partial charge on any atom is 0.321 e. The van der Waals surface area contributed by atoms with Gasteiger partial charge < -0.3 is 29.2 Å². The number of carbonyl (C=O) groups is 1. The molecule has 0 aliphatic carbocycles. The van der Waals surface area contributed by atoms with Crippen LogP contribution >= 0.6 is 0 Å². The number of likely N-dealkylation sites (tertiary alicyclic amines) is 1. The van der Waals surface area contributed by atoms with E-state index in [4.69, 9.17) is 18.9 Å². The van der Waals surface area contributed by atoms with Crippen LogP contribution in [0.3, 0.4) is 0 Å². The fraction of sp³-hybridized carbons (Fsp3) is 0.611. The number of nitrogens with one attached hydrogen (secondary N) is 1. The minimum atomic E-state index is -0.120. The Morgan fingerprint density at radius 2 is 1.92 bits per heavy atom. The van der Waals surface area contributed by atoms with Crippen LogP contribution in [-0.4, -0.2) is 65.2 Å². The summed E-state index contributed by atoms with van der Waals surface area (Å²) in [5.74, 6) is 1.61. The van der Waals surface area contributed by atoms with E-state index in [1.54, 1.807) is 33.5 Å². The van der Waals surface area contributed by atoms with Gasteiger partial charge in [-0.1, -0.05) is 6.07 Å². The highest BCUT2D eigenvalue weighted by atomic mass is 16.5. The average molecular weight is 352 g/mol. The molecule has 1 aliphatic heterocycles. The van der Waals surface area contributed by atoms with Crippen LogP contribution in [0.1, 0.15) is 12.8 Å². The van der Waals surface area contributed by atoms with E-state index in [1.807, 2.05) is 11.0 Å². The average Bonchev–Trinajstić information content (AvgIpc) is 2.65. The highest BCUT2D eigenvalue weighted by molar-refractivity contribution is 5.91. The number of anilines is 1. The number of benzene rings is 1. The molecule has 1 N–H and O–H groups in total. The van der Waals surface area contributed by atoms with E-state index in [2.05, 4.69) is 5.32 Å². The van der Waals surface area contributed by atoms with Crippen LogP contribution in [0.25, 0.3) is 0 Å². The molecule has 1 aromatic rings. The Bertz CT molecular complexity index is 544. The molecule has 0 saturated carbocycles. The molecular formula is C18H28N2O5. The normalized spacial score (nSPS) is 15.1. The zero-order chi connectivity index (χ0) is 18.1. The Morgan fingerprint density at radius 3 is 2.56 bits per heavy atom. The first-order chi connectivity index (χ1) is 12.2. The minimum Gasteiger partial charge on any atom is -0.493 e. The second-order valence-corrected chi connectivity index (χ2v) is 5.97. The Balaban J connectivity index is 1.83. The van der Waals surface area contributed by atoms with Gasteiger partial charge in [-0.05, 0) is 30.9 Å². The molecule has 0 radical (unpaired) electrons. The molecular weight excluding hydrogens is 324 g/mol. The molecule has 1 fully saturated rings. The quantitative estimate of drug-likeness (QED) is 0.729. The van der Waals surface area contributed by atoms with Gasteiger partial charge in [0.05, 0.1) is 33.1 Å². The second-order valence-electron chi connectivity index (χ2n) is 5.97. The molecule has 1 saturated heterocycles. The zero-order valence-electron chi connectivity index (χ0n) is 15.2. The van der Waals surface area contributed by atoms with E-state index in [9.17, 15) is 4.79 Å². The highest BCUT2D eigenvalue weighted by Gasteiger charge is 2.24. The Hall–Kier alpha value is -1.99. The largest absolute Gasteiger partial charge is 0.493 e. The highest BCUT2D eigenvalue weighted by Crippen LogP contribution is 2.35. The van der Waals surface area contributed by atoms with Gasteiger partial charge in [0.15, 0.2) is 11.5 Å². The molecule has 0 bridgehead atoms. The molecule has 2 amide bonds. The summed E-state index contributed by atoms with van der Waals surface area (Å²) in [5.41, 5.74) is 0.608. The van der Waals surface area contributed by atoms with Crippen molar-refractivity contribution in [2.24, 2.45) is 5.92 Å². The van der Waals surface area contributed by atoms with Gasteiger partial charge in [0.1, 0.15) is 0 Å². The monoisotopic (exact) mass is 352 g/mol. The van der Waals surface area contributed by atoms with Crippen LogP contribution in [0.5, 0.6) is 11.5 Å². The van der Waals surface area contributed by atoms with E-state index in [-0.39, 0.29) is 6.03 Å². The third-order valence-corrected chi connectivity index (χ3v) is 4.33. The van der Waals surface area contributed by atoms with E-state index >= 15 is 0 Å². The van der Waals surface area contributed by atoms with Gasteiger partial charge in [-0.25, -0.2) is 4.79 Å². The van der Waals surface area contributed by atoms with E-state index < -0.39 is 0 Å². The Kier molecular flexibility index (Phi) is 7.81. The maximum absolute atomic E-state index is 12.5. The summed E-state index contributed by atoms with van der Waals surface area (Å²) in [6, 6.07) is 5.30. The van der Waals surface area contributed by atoms with Gasteiger partial charge in [-0.2, -0.15) is 0 Å². The predicted molar refractivity (Wildman–Crippen MR) is 95.6 cm³/mol.